The molecule has 0 N–H and O–H groups in total. The molecule has 2 aliphatic rings. The van der Waals surface area contributed by atoms with Crippen molar-refractivity contribution in [2.24, 2.45) is 0 Å². The van der Waals surface area contributed by atoms with E-state index in [1.807, 2.05) is 18.2 Å². The monoisotopic (exact) mass is 381 g/mol. The van der Waals surface area contributed by atoms with E-state index in [1.165, 1.54) is 0 Å². The first kappa shape index (κ1) is 17.1. The second kappa shape index (κ2) is 6.41. The predicted molar refractivity (Wildman–Crippen MR) is 101 cm³/mol. The fourth-order valence-electron chi connectivity index (χ4n) is 3.38. The van der Waals surface area contributed by atoms with Crippen LogP contribution in [0.25, 0.3) is 10.2 Å². The SMILES string of the molecule is COc1ccc2nc(N3CCC(N(C)S(=O)(=O)C4CC4)CC3)sc2c1. The number of thiazole rings is 1. The van der Waals surface area contributed by atoms with E-state index in [2.05, 4.69) is 4.90 Å². The molecule has 0 amide bonds. The molecule has 2 fully saturated rings. The van der Waals surface area contributed by atoms with Crippen molar-refractivity contribution >= 4 is 36.7 Å². The molecular formula is C17H23N3O3S2. The highest BCUT2D eigenvalue weighted by atomic mass is 32.2. The molecule has 1 saturated heterocycles. The number of piperidine rings is 1. The molecule has 0 unspecified atom stereocenters. The highest BCUT2D eigenvalue weighted by Gasteiger charge is 2.41. The number of sulfonamides is 1. The average Bonchev–Trinajstić information content (AvgIpc) is 3.41. The summed E-state index contributed by atoms with van der Waals surface area (Å²) in [6, 6.07) is 6.03. The number of benzene rings is 1. The number of anilines is 1. The van der Waals surface area contributed by atoms with Crippen molar-refractivity contribution in [1.82, 2.24) is 9.29 Å². The van der Waals surface area contributed by atoms with Crippen LogP contribution < -0.4 is 9.64 Å². The van der Waals surface area contributed by atoms with E-state index in [0.717, 1.165) is 59.9 Å². The van der Waals surface area contributed by atoms with Gasteiger partial charge in [0.2, 0.25) is 10.0 Å². The maximum absolute atomic E-state index is 12.4. The molecule has 8 heteroatoms. The minimum atomic E-state index is -3.09. The Kier molecular flexibility index (Phi) is 4.37. The average molecular weight is 382 g/mol. The van der Waals surface area contributed by atoms with Gasteiger partial charge in [-0.1, -0.05) is 11.3 Å². The van der Waals surface area contributed by atoms with E-state index in [1.54, 1.807) is 29.8 Å². The van der Waals surface area contributed by atoms with Crippen molar-refractivity contribution in [2.45, 2.75) is 37.0 Å². The number of hydrogen-bond acceptors (Lipinski definition) is 6. The van der Waals surface area contributed by atoms with Crippen LogP contribution in [-0.4, -0.2) is 56.2 Å². The first-order valence-corrected chi connectivity index (χ1v) is 11.0. The summed E-state index contributed by atoms with van der Waals surface area (Å²) in [6.45, 7) is 1.68. The molecular weight excluding hydrogens is 358 g/mol. The van der Waals surface area contributed by atoms with Gasteiger partial charge in [0.15, 0.2) is 5.13 Å². The molecule has 1 aliphatic carbocycles. The van der Waals surface area contributed by atoms with Gasteiger partial charge in [-0.15, -0.1) is 0 Å². The van der Waals surface area contributed by atoms with Gasteiger partial charge in [0.05, 0.1) is 22.6 Å². The molecule has 1 aromatic heterocycles. The molecule has 6 nitrogen and oxygen atoms in total. The molecule has 2 aromatic rings. The second-order valence-corrected chi connectivity index (χ2v) is 10.1. The number of ether oxygens (including phenoxy) is 1. The van der Waals surface area contributed by atoms with Gasteiger partial charge in [0.1, 0.15) is 5.75 Å². The van der Waals surface area contributed by atoms with Crippen LogP contribution in [0.3, 0.4) is 0 Å². The maximum Gasteiger partial charge on any atom is 0.216 e. The zero-order valence-electron chi connectivity index (χ0n) is 14.5. The van der Waals surface area contributed by atoms with Crippen LogP contribution in [0.5, 0.6) is 5.75 Å². The van der Waals surface area contributed by atoms with Gasteiger partial charge in [-0.3, -0.25) is 0 Å². The number of hydrogen-bond donors (Lipinski definition) is 0. The van der Waals surface area contributed by atoms with Crippen molar-refractivity contribution in [3.05, 3.63) is 18.2 Å². The number of nitrogens with zero attached hydrogens (tertiary/aromatic N) is 3. The largest absolute Gasteiger partial charge is 0.497 e. The van der Waals surface area contributed by atoms with Gasteiger partial charge >= 0.3 is 0 Å². The number of aromatic nitrogens is 1. The van der Waals surface area contributed by atoms with Gasteiger partial charge in [0.25, 0.3) is 0 Å². The van der Waals surface area contributed by atoms with Gasteiger partial charge in [-0.05, 0) is 43.9 Å². The van der Waals surface area contributed by atoms with Crippen LogP contribution in [-0.2, 0) is 10.0 Å². The Morgan fingerprint density at radius 1 is 1.24 bits per heavy atom. The Balaban J connectivity index is 1.45. The Morgan fingerprint density at radius 3 is 2.60 bits per heavy atom. The topological polar surface area (TPSA) is 62.7 Å². The first-order chi connectivity index (χ1) is 12.0. The molecule has 2 heterocycles. The molecule has 0 atom stereocenters. The maximum atomic E-state index is 12.4. The van der Waals surface area contributed by atoms with Crippen molar-refractivity contribution in [1.29, 1.82) is 0 Å². The van der Waals surface area contributed by atoms with E-state index < -0.39 is 10.0 Å². The molecule has 25 heavy (non-hydrogen) atoms. The molecule has 1 aliphatic heterocycles. The van der Waals surface area contributed by atoms with Crippen LogP contribution in [0, 0.1) is 0 Å². The van der Waals surface area contributed by atoms with Gasteiger partial charge < -0.3 is 9.64 Å². The van der Waals surface area contributed by atoms with E-state index >= 15 is 0 Å². The Morgan fingerprint density at radius 2 is 1.96 bits per heavy atom. The van der Waals surface area contributed by atoms with Gasteiger partial charge in [-0.25, -0.2) is 17.7 Å². The third kappa shape index (κ3) is 3.22. The first-order valence-electron chi connectivity index (χ1n) is 8.65. The fourth-order valence-corrected chi connectivity index (χ4v) is 6.26. The van der Waals surface area contributed by atoms with Crippen molar-refractivity contribution in [3.8, 4) is 5.75 Å². The Hall–Kier alpha value is -1.38. The van der Waals surface area contributed by atoms with Crippen molar-refractivity contribution < 1.29 is 13.2 Å². The summed E-state index contributed by atoms with van der Waals surface area (Å²) in [4.78, 5) is 6.99. The third-order valence-electron chi connectivity index (χ3n) is 5.18. The van der Waals surface area contributed by atoms with Crippen LogP contribution in [0.15, 0.2) is 18.2 Å². The summed E-state index contributed by atoms with van der Waals surface area (Å²) < 4.78 is 32.8. The number of methoxy groups -OCH3 is 1. The molecule has 1 aromatic carbocycles. The number of fused-ring (bicyclic) bond motifs is 1. The lowest BCUT2D eigenvalue weighted by Gasteiger charge is -2.36. The number of rotatable bonds is 5. The van der Waals surface area contributed by atoms with Crippen LogP contribution in [0.2, 0.25) is 0 Å². The van der Waals surface area contributed by atoms with Gasteiger partial charge in [-0.2, -0.15) is 0 Å². The predicted octanol–water partition coefficient (Wildman–Crippen LogP) is 2.70. The second-order valence-electron chi connectivity index (χ2n) is 6.81. The zero-order valence-corrected chi connectivity index (χ0v) is 16.1. The summed E-state index contributed by atoms with van der Waals surface area (Å²) in [5.41, 5.74) is 0.983. The third-order valence-corrected chi connectivity index (χ3v) is 8.67. The summed E-state index contributed by atoms with van der Waals surface area (Å²) in [6.07, 6.45) is 3.34. The molecule has 1 saturated carbocycles. The summed E-state index contributed by atoms with van der Waals surface area (Å²) in [7, 11) is 0.327. The zero-order chi connectivity index (χ0) is 17.6. The minimum Gasteiger partial charge on any atom is -0.497 e. The van der Waals surface area contributed by atoms with E-state index in [9.17, 15) is 8.42 Å². The lowest BCUT2D eigenvalue weighted by molar-refractivity contribution is 0.311. The lowest BCUT2D eigenvalue weighted by atomic mass is 10.1. The van der Waals surface area contributed by atoms with Crippen molar-refractivity contribution in [3.63, 3.8) is 0 Å². The molecule has 0 bridgehead atoms. The van der Waals surface area contributed by atoms with E-state index in [-0.39, 0.29) is 11.3 Å². The Labute approximate surface area is 152 Å². The molecule has 136 valence electrons. The molecule has 4 rings (SSSR count). The smallest absolute Gasteiger partial charge is 0.216 e. The fraction of sp³-hybridized carbons (Fsp3) is 0.588. The van der Waals surface area contributed by atoms with Crippen LogP contribution in [0.1, 0.15) is 25.7 Å². The van der Waals surface area contributed by atoms with Crippen molar-refractivity contribution in [2.75, 3.05) is 32.1 Å². The lowest BCUT2D eigenvalue weighted by Crippen LogP contribution is -2.46. The van der Waals surface area contributed by atoms with E-state index in [0.29, 0.717) is 0 Å². The van der Waals surface area contributed by atoms with E-state index in [4.69, 9.17) is 9.72 Å². The quantitative estimate of drug-likeness (QED) is 0.797. The molecule has 0 radical (unpaired) electrons. The molecule has 0 spiro atoms. The summed E-state index contributed by atoms with van der Waals surface area (Å²) in [5.74, 6) is 0.841. The minimum absolute atomic E-state index is 0.108. The summed E-state index contributed by atoms with van der Waals surface area (Å²) >= 11 is 1.67. The summed E-state index contributed by atoms with van der Waals surface area (Å²) in [5, 5.41) is 0.879. The van der Waals surface area contributed by atoms with Gasteiger partial charge in [0, 0.05) is 26.2 Å². The van der Waals surface area contributed by atoms with Crippen LogP contribution >= 0.6 is 11.3 Å². The highest BCUT2D eigenvalue weighted by Crippen LogP contribution is 2.35. The standard InChI is InChI=1S/C17H23N3O3S2/c1-19(25(21,22)14-4-5-14)12-7-9-20(10-8-12)17-18-15-6-3-13(23-2)11-16(15)24-17/h3,6,11-12,14H,4-5,7-10H2,1-2H3. The Bertz CT molecular complexity index is 868. The highest BCUT2D eigenvalue weighted by molar-refractivity contribution is 7.90. The van der Waals surface area contributed by atoms with Crippen LogP contribution in [0.4, 0.5) is 5.13 Å². The normalized spacial score (nSPS) is 19.7.